The molecule has 0 saturated heterocycles. The number of aliphatic carboxylic acids is 1. The van der Waals surface area contributed by atoms with Crippen LogP contribution in [0, 0.1) is 5.82 Å². The predicted molar refractivity (Wildman–Crippen MR) is 102 cm³/mol. The van der Waals surface area contributed by atoms with Crippen LogP contribution in [0.15, 0.2) is 48.2 Å². The molecule has 1 heterocycles. The number of rotatable bonds is 10. The Morgan fingerprint density at radius 1 is 1.26 bits per heavy atom. The number of nitrogens with zero attached hydrogens (tertiary/aromatic N) is 1. The molecule has 148 valence electrons. The van der Waals surface area contributed by atoms with Crippen LogP contribution in [0.5, 0.6) is 0 Å². The summed E-state index contributed by atoms with van der Waals surface area (Å²) in [5.41, 5.74) is -0.0362. The van der Waals surface area contributed by atoms with Crippen LogP contribution in [0.1, 0.15) is 38.2 Å². The quantitative estimate of drug-likeness (QED) is 0.535. The number of carboxylic acids is 1. The van der Waals surface area contributed by atoms with Gasteiger partial charge in [-0.05, 0) is 30.7 Å². The zero-order valence-corrected chi connectivity index (χ0v) is 16.0. The molecule has 1 aromatic carbocycles. The fourth-order valence-electron chi connectivity index (χ4n) is 2.83. The van der Waals surface area contributed by atoms with Gasteiger partial charge >= 0.3 is 5.97 Å². The lowest BCUT2D eigenvalue weighted by Gasteiger charge is -2.33. The highest BCUT2D eigenvalue weighted by Crippen LogP contribution is 2.35. The van der Waals surface area contributed by atoms with Crippen LogP contribution in [0.3, 0.4) is 0 Å². The number of carboxylic acid groups (broad SMARTS) is 1. The molecule has 1 unspecified atom stereocenters. The number of allylic oxidation sites excluding steroid dienone is 2. The van der Waals surface area contributed by atoms with Crippen molar-refractivity contribution >= 4 is 17.7 Å². The van der Waals surface area contributed by atoms with Gasteiger partial charge in [-0.25, -0.2) is 18.0 Å². The van der Waals surface area contributed by atoms with Crippen LogP contribution >= 0.6 is 11.8 Å². The molecule has 27 heavy (non-hydrogen) atoms. The topological polar surface area (TPSA) is 40.5 Å². The highest BCUT2D eigenvalue weighted by molar-refractivity contribution is 8.00. The lowest BCUT2D eigenvalue weighted by molar-refractivity contribution is -0.133. The molecule has 0 saturated carbocycles. The smallest absolute Gasteiger partial charge is 0.334 e. The Kier molecular flexibility index (Phi) is 7.83. The summed E-state index contributed by atoms with van der Waals surface area (Å²) in [6.07, 6.45) is 7.55. The maximum absolute atomic E-state index is 14.3. The number of unbranched alkanes of at least 4 members (excludes halogenated alkanes) is 2. The summed E-state index contributed by atoms with van der Waals surface area (Å²) >= 11 is 1.20. The average Bonchev–Trinajstić information content (AvgIpc) is 2.63. The van der Waals surface area contributed by atoms with Gasteiger partial charge < -0.3 is 10.0 Å². The minimum Gasteiger partial charge on any atom is -0.478 e. The van der Waals surface area contributed by atoms with Gasteiger partial charge in [-0.1, -0.05) is 31.9 Å². The van der Waals surface area contributed by atoms with E-state index in [2.05, 4.69) is 6.92 Å². The molecule has 0 fully saturated rings. The highest BCUT2D eigenvalue weighted by Gasteiger charge is 2.33. The Balaban J connectivity index is 2.00. The van der Waals surface area contributed by atoms with E-state index < -0.39 is 29.5 Å². The molecule has 3 nitrogen and oxygen atoms in total. The summed E-state index contributed by atoms with van der Waals surface area (Å²) in [4.78, 5) is 13.4. The second-order valence-electron chi connectivity index (χ2n) is 6.40. The van der Waals surface area contributed by atoms with Gasteiger partial charge in [0.1, 0.15) is 11.2 Å². The largest absolute Gasteiger partial charge is 0.478 e. The first-order valence-corrected chi connectivity index (χ1v) is 10.0. The van der Waals surface area contributed by atoms with E-state index in [1.165, 1.54) is 17.8 Å². The van der Waals surface area contributed by atoms with Gasteiger partial charge in [0.25, 0.3) is 5.92 Å². The van der Waals surface area contributed by atoms with Crippen LogP contribution in [0.4, 0.5) is 13.2 Å². The third-order valence-corrected chi connectivity index (χ3v) is 5.63. The van der Waals surface area contributed by atoms with Crippen LogP contribution in [-0.4, -0.2) is 33.6 Å². The number of hydrogen-bond acceptors (Lipinski definition) is 3. The number of halogens is 3. The molecule has 1 N–H and O–H groups in total. The molecule has 0 spiro atoms. The molecule has 1 aliphatic heterocycles. The standard InChI is InChI=1S/C20H24F3NO2S/c1-2-3-4-12-24-13-5-6-17(19(25)26)18(24)27-14-11-20(22,23)15-7-9-16(21)10-8-15/h5-10,13,18H,2-4,11-12,14H2,1H3,(H,25,26). The molecule has 1 aromatic rings. The maximum atomic E-state index is 14.3. The van der Waals surface area contributed by atoms with E-state index in [1.54, 1.807) is 6.08 Å². The van der Waals surface area contributed by atoms with E-state index in [-0.39, 0.29) is 16.9 Å². The third kappa shape index (κ3) is 6.06. The van der Waals surface area contributed by atoms with E-state index in [0.29, 0.717) is 6.54 Å². The van der Waals surface area contributed by atoms with Crippen LogP contribution in [0.2, 0.25) is 0 Å². The second kappa shape index (κ2) is 9.88. The minimum atomic E-state index is -3.09. The molecular weight excluding hydrogens is 375 g/mol. The molecule has 0 aliphatic carbocycles. The predicted octanol–water partition coefficient (Wildman–Crippen LogP) is 5.40. The van der Waals surface area contributed by atoms with Crippen molar-refractivity contribution in [1.29, 1.82) is 0 Å². The van der Waals surface area contributed by atoms with Gasteiger partial charge in [0.05, 0.1) is 5.57 Å². The highest BCUT2D eigenvalue weighted by atomic mass is 32.2. The molecule has 0 amide bonds. The van der Waals surface area contributed by atoms with Crippen molar-refractivity contribution in [2.75, 3.05) is 12.3 Å². The first-order chi connectivity index (χ1) is 12.8. The maximum Gasteiger partial charge on any atom is 0.334 e. The number of hydrogen-bond donors (Lipinski definition) is 1. The fourth-order valence-corrected chi connectivity index (χ4v) is 4.16. The lowest BCUT2D eigenvalue weighted by Crippen LogP contribution is -2.35. The number of benzene rings is 1. The van der Waals surface area contributed by atoms with Crippen molar-refractivity contribution in [2.24, 2.45) is 0 Å². The van der Waals surface area contributed by atoms with Gasteiger partial charge in [0.2, 0.25) is 0 Å². The Labute approximate surface area is 161 Å². The SMILES string of the molecule is CCCCCN1C=CC=C(C(=O)O)C1SCCC(F)(F)c1ccc(F)cc1. The first-order valence-electron chi connectivity index (χ1n) is 8.98. The molecule has 1 aliphatic rings. The second-order valence-corrected chi connectivity index (χ2v) is 7.59. The summed E-state index contributed by atoms with van der Waals surface area (Å²) < 4.78 is 41.6. The van der Waals surface area contributed by atoms with Gasteiger partial charge in [-0.3, -0.25) is 0 Å². The number of alkyl halides is 2. The lowest BCUT2D eigenvalue weighted by atomic mass is 10.1. The molecular formula is C20H24F3NO2S. The third-order valence-electron chi connectivity index (χ3n) is 4.35. The Bertz CT molecular complexity index is 689. The summed E-state index contributed by atoms with van der Waals surface area (Å²) in [7, 11) is 0. The van der Waals surface area contributed by atoms with Crippen molar-refractivity contribution < 1.29 is 23.1 Å². The van der Waals surface area contributed by atoms with E-state index in [4.69, 9.17) is 0 Å². The monoisotopic (exact) mass is 399 g/mol. The minimum absolute atomic E-state index is 0.0811. The fraction of sp³-hybridized carbons (Fsp3) is 0.450. The van der Waals surface area contributed by atoms with Crippen LogP contribution in [-0.2, 0) is 10.7 Å². The van der Waals surface area contributed by atoms with E-state index in [9.17, 15) is 23.1 Å². The average molecular weight is 399 g/mol. The molecule has 1 atom stereocenters. The molecule has 0 bridgehead atoms. The first kappa shape index (κ1) is 21.4. The van der Waals surface area contributed by atoms with E-state index in [0.717, 1.165) is 43.5 Å². The summed E-state index contributed by atoms with van der Waals surface area (Å²) in [6.45, 7) is 2.76. The van der Waals surface area contributed by atoms with Gasteiger partial charge in [-0.15, -0.1) is 11.8 Å². The van der Waals surface area contributed by atoms with Crippen molar-refractivity contribution in [3.8, 4) is 0 Å². The summed E-state index contributed by atoms with van der Waals surface area (Å²) in [5, 5.41) is 8.94. The van der Waals surface area contributed by atoms with Gasteiger partial charge in [0, 0.05) is 30.5 Å². The summed E-state index contributed by atoms with van der Waals surface area (Å²) in [5.74, 6) is -4.61. The molecule has 2 rings (SSSR count). The van der Waals surface area contributed by atoms with Crippen molar-refractivity contribution in [3.05, 3.63) is 59.6 Å². The Hall–Kier alpha value is -1.89. The van der Waals surface area contributed by atoms with Crippen LogP contribution in [0.25, 0.3) is 0 Å². The van der Waals surface area contributed by atoms with Crippen molar-refractivity contribution in [2.45, 2.75) is 43.9 Å². The van der Waals surface area contributed by atoms with Gasteiger partial charge in [-0.2, -0.15) is 0 Å². The van der Waals surface area contributed by atoms with Crippen molar-refractivity contribution in [3.63, 3.8) is 0 Å². The summed E-state index contributed by atoms with van der Waals surface area (Å²) in [6, 6.07) is 4.21. The Morgan fingerprint density at radius 2 is 1.96 bits per heavy atom. The van der Waals surface area contributed by atoms with Crippen LogP contribution < -0.4 is 0 Å². The zero-order valence-electron chi connectivity index (χ0n) is 15.2. The molecule has 7 heteroatoms. The Morgan fingerprint density at radius 3 is 2.59 bits per heavy atom. The normalized spacial score (nSPS) is 17.1. The number of thioether (sulfide) groups is 1. The van der Waals surface area contributed by atoms with E-state index >= 15 is 0 Å². The zero-order chi connectivity index (χ0) is 19.9. The van der Waals surface area contributed by atoms with Gasteiger partial charge in [0.15, 0.2) is 0 Å². The molecule has 0 aromatic heterocycles. The number of carbonyl (C=O) groups is 1. The van der Waals surface area contributed by atoms with E-state index in [1.807, 2.05) is 11.1 Å². The molecule has 0 radical (unpaired) electrons. The van der Waals surface area contributed by atoms with Crippen molar-refractivity contribution in [1.82, 2.24) is 4.90 Å².